The molecule has 0 bridgehead atoms. The van der Waals surface area contributed by atoms with Gasteiger partial charge in [0, 0.05) is 6.04 Å². The van der Waals surface area contributed by atoms with E-state index in [4.69, 9.17) is 4.74 Å². The number of hydrogen-bond donors (Lipinski definition) is 0. The fourth-order valence-electron chi connectivity index (χ4n) is 1.88. The Bertz CT molecular complexity index is 394. The molecule has 0 N–H and O–H groups in total. The number of hydrogen-bond acceptors (Lipinski definition) is 4. The van der Waals surface area contributed by atoms with E-state index in [9.17, 15) is 4.79 Å². The summed E-state index contributed by atoms with van der Waals surface area (Å²) in [5.41, 5.74) is -0.517. The van der Waals surface area contributed by atoms with Crippen molar-refractivity contribution in [3.63, 3.8) is 0 Å². The molecule has 1 saturated carbocycles. The monoisotopic (exact) mass is 223 g/mol. The Morgan fingerprint density at radius 3 is 2.81 bits per heavy atom. The van der Waals surface area contributed by atoms with Gasteiger partial charge in [-0.2, -0.15) is 0 Å². The lowest BCUT2D eigenvalue weighted by Crippen LogP contribution is -2.27. The molecule has 1 fully saturated rings. The molecule has 1 aromatic rings. The lowest BCUT2D eigenvalue weighted by atomic mass is 10.1. The average molecular weight is 223 g/mol. The summed E-state index contributed by atoms with van der Waals surface area (Å²) in [6, 6.07) is 0.261. The van der Waals surface area contributed by atoms with Crippen molar-refractivity contribution >= 4 is 5.97 Å². The molecule has 1 heterocycles. The van der Waals surface area contributed by atoms with E-state index in [1.54, 1.807) is 6.33 Å². The third kappa shape index (κ3) is 1.60. The minimum Gasteiger partial charge on any atom is -0.465 e. The summed E-state index contributed by atoms with van der Waals surface area (Å²) in [5, 5.41) is 7.98. The molecule has 5 nitrogen and oxygen atoms in total. The summed E-state index contributed by atoms with van der Waals surface area (Å²) in [7, 11) is 0. The van der Waals surface area contributed by atoms with Crippen LogP contribution >= 0.6 is 0 Å². The first kappa shape index (κ1) is 11.1. The van der Waals surface area contributed by atoms with Gasteiger partial charge >= 0.3 is 5.97 Å². The van der Waals surface area contributed by atoms with Crippen LogP contribution in [0.5, 0.6) is 0 Å². The van der Waals surface area contributed by atoms with Crippen molar-refractivity contribution in [1.29, 1.82) is 0 Å². The van der Waals surface area contributed by atoms with E-state index in [-0.39, 0.29) is 12.0 Å². The molecule has 1 aromatic heterocycles. The van der Waals surface area contributed by atoms with Crippen LogP contribution in [0.2, 0.25) is 0 Å². The third-order valence-electron chi connectivity index (χ3n) is 2.97. The highest BCUT2D eigenvalue weighted by atomic mass is 16.5. The number of carbonyl (C=O) groups is 1. The van der Waals surface area contributed by atoms with Crippen LogP contribution in [0, 0.1) is 0 Å². The molecule has 2 rings (SSSR count). The quantitative estimate of drug-likeness (QED) is 0.725. The van der Waals surface area contributed by atoms with Crippen molar-refractivity contribution in [3.05, 3.63) is 12.2 Å². The molecule has 0 amide bonds. The van der Waals surface area contributed by atoms with Crippen LogP contribution in [0.3, 0.4) is 0 Å². The largest absolute Gasteiger partial charge is 0.465 e. The van der Waals surface area contributed by atoms with Gasteiger partial charge < -0.3 is 9.30 Å². The van der Waals surface area contributed by atoms with Crippen LogP contribution in [-0.2, 0) is 14.9 Å². The Morgan fingerprint density at radius 1 is 1.62 bits per heavy atom. The lowest BCUT2D eigenvalue weighted by Gasteiger charge is -2.16. The lowest BCUT2D eigenvalue weighted by molar-refractivity contribution is -0.146. The fourth-order valence-corrected chi connectivity index (χ4v) is 1.88. The van der Waals surface area contributed by atoms with Crippen molar-refractivity contribution in [2.75, 3.05) is 6.61 Å². The standard InChI is InChI=1S/C11H17N3O2/c1-4-16-10(15)11(5-6-11)9-13-12-7-14(9)8(2)3/h7-8H,4-6H2,1-3H3. The van der Waals surface area contributed by atoms with Crippen molar-refractivity contribution < 1.29 is 9.53 Å². The first-order valence-electron chi connectivity index (χ1n) is 5.69. The number of rotatable bonds is 4. The first-order chi connectivity index (χ1) is 7.62. The van der Waals surface area contributed by atoms with Gasteiger partial charge in [-0.25, -0.2) is 0 Å². The van der Waals surface area contributed by atoms with Crippen LogP contribution in [0.4, 0.5) is 0 Å². The van der Waals surface area contributed by atoms with Crippen molar-refractivity contribution in [3.8, 4) is 0 Å². The number of nitrogens with zero attached hydrogens (tertiary/aromatic N) is 3. The first-order valence-corrected chi connectivity index (χ1v) is 5.69. The minimum absolute atomic E-state index is 0.162. The number of esters is 1. The molecular weight excluding hydrogens is 206 g/mol. The maximum absolute atomic E-state index is 11.9. The van der Waals surface area contributed by atoms with Crippen LogP contribution in [0.1, 0.15) is 45.5 Å². The summed E-state index contributed by atoms with van der Waals surface area (Å²) in [6.45, 7) is 6.33. The van der Waals surface area contributed by atoms with E-state index in [1.807, 2.05) is 25.3 Å². The van der Waals surface area contributed by atoms with Crippen molar-refractivity contribution in [1.82, 2.24) is 14.8 Å². The molecule has 0 aromatic carbocycles. The molecule has 0 radical (unpaired) electrons. The van der Waals surface area contributed by atoms with Gasteiger partial charge in [0.2, 0.25) is 0 Å². The average Bonchev–Trinajstić information content (AvgIpc) is 2.89. The summed E-state index contributed by atoms with van der Waals surface area (Å²) in [5.74, 6) is 0.589. The number of carbonyl (C=O) groups excluding carboxylic acids is 1. The highest BCUT2D eigenvalue weighted by molar-refractivity contribution is 5.85. The predicted molar refractivity (Wildman–Crippen MR) is 58.0 cm³/mol. The Morgan fingerprint density at radius 2 is 2.31 bits per heavy atom. The van der Waals surface area contributed by atoms with Crippen LogP contribution in [-0.4, -0.2) is 27.3 Å². The second-order valence-electron chi connectivity index (χ2n) is 4.46. The molecular formula is C11H17N3O2. The minimum atomic E-state index is -0.517. The van der Waals surface area contributed by atoms with E-state index in [0.717, 1.165) is 18.7 Å². The molecule has 16 heavy (non-hydrogen) atoms. The predicted octanol–water partition coefficient (Wildman–Crippen LogP) is 1.45. The summed E-state index contributed by atoms with van der Waals surface area (Å²) in [6.07, 6.45) is 3.31. The summed E-state index contributed by atoms with van der Waals surface area (Å²) < 4.78 is 7.06. The molecule has 1 aliphatic carbocycles. The van der Waals surface area contributed by atoms with Gasteiger partial charge in [-0.1, -0.05) is 0 Å². The molecule has 0 unspecified atom stereocenters. The van der Waals surface area contributed by atoms with Crippen LogP contribution in [0.25, 0.3) is 0 Å². The molecule has 0 saturated heterocycles. The van der Waals surface area contributed by atoms with Crippen LogP contribution in [0.15, 0.2) is 6.33 Å². The van der Waals surface area contributed by atoms with Crippen molar-refractivity contribution in [2.24, 2.45) is 0 Å². The highest BCUT2D eigenvalue weighted by Gasteiger charge is 2.56. The van der Waals surface area contributed by atoms with Gasteiger partial charge in [-0.3, -0.25) is 4.79 Å². The Balaban J connectivity index is 2.30. The van der Waals surface area contributed by atoms with E-state index in [1.165, 1.54) is 0 Å². The molecule has 0 atom stereocenters. The molecule has 5 heteroatoms. The SMILES string of the molecule is CCOC(=O)C1(c2nncn2C(C)C)CC1. The molecule has 0 aliphatic heterocycles. The second kappa shape index (κ2) is 3.88. The van der Waals surface area contributed by atoms with Crippen LogP contribution < -0.4 is 0 Å². The summed E-state index contributed by atoms with van der Waals surface area (Å²) >= 11 is 0. The van der Waals surface area contributed by atoms with Gasteiger partial charge in [-0.05, 0) is 33.6 Å². The number of ether oxygens (including phenoxy) is 1. The van der Waals surface area contributed by atoms with E-state index >= 15 is 0 Å². The second-order valence-corrected chi connectivity index (χ2v) is 4.46. The Kier molecular flexibility index (Phi) is 2.69. The van der Waals surface area contributed by atoms with Gasteiger partial charge in [0.1, 0.15) is 11.7 Å². The zero-order valence-electron chi connectivity index (χ0n) is 9.93. The fraction of sp³-hybridized carbons (Fsp3) is 0.727. The van der Waals surface area contributed by atoms with Crippen molar-refractivity contribution in [2.45, 2.75) is 45.1 Å². The zero-order valence-corrected chi connectivity index (χ0v) is 9.93. The number of aromatic nitrogens is 3. The molecule has 1 aliphatic rings. The maximum Gasteiger partial charge on any atom is 0.319 e. The normalized spacial score (nSPS) is 17.5. The Hall–Kier alpha value is -1.39. The molecule has 0 spiro atoms. The smallest absolute Gasteiger partial charge is 0.319 e. The third-order valence-corrected chi connectivity index (χ3v) is 2.97. The van der Waals surface area contributed by atoms with Gasteiger partial charge in [0.15, 0.2) is 5.82 Å². The van der Waals surface area contributed by atoms with Gasteiger partial charge in [0.25, 0.3) is 0 Å². The summed E-state index contributed by atoms with van der Waals surface area (Å²) in [4.78, 5) is 11.9. The van der Waals surface area contributed by atoms with E-state index < -0.39 is 5.41 Å². The van der Waals surface area contributed by atoms with E-state index in [0.29, 0.717) is 6.61 Å². The van der Waals surface area contributed by atoms with E-state index in [2.05, 4.69) is 10.2 Å². The van der Waals surface area contributed by atoms with Gasteiger partial charge in [0.05, 0.1) is 6.61 Å². The zero-order chi connectivity index (χ0) is 11.8. The maximum atomic E-state index is 11.9. The Labute approximate surface area is 94.8 Å². The van der Waals surface area contributed by atoms with Gasteiger partial charge in [-0.15, -0.1) is 10.2 Å². The molecule has 88 valence electrons. The highest BCUT2D eigenvalue weighted by Crippen LogP contribution is 2.48. The topological polar surface area (TPSA) is 57.0 Å².